The lowest BCUT2D eigenvalue weighted by Gasteiger charge is -2.41. The van der Waals surface area contributed by atoms with Gasteiger partial charge >= 0.3 is 6.03 Å². The van der Waals surface area contributed by atoms with E-state index in [4.69, 9.17) is 33.9 Å². The quantitative estimate of drug-likeness (QED) is 0.332. The SMILES string of the molecule is Cl.NC(=O)N1CCN(c2ncc(C(=O)Nc3nc(-c4cc(Cl)cs4)c(N4CCN(C5CCCCC5)CC4)s3)cc2Cl)CC1. The van der Waals surface area contributed by atoms with Crippen molar-refractivity contribution in [3.8, 4) is 10.6 Å². The van der Waals surface area contributed by atoms with E-state index in [0.29, 0.717) is 58.8 Å². The summed E-state index contributed by atoms with van der Waals surface area (Å²) in [5, 5.41) is 7.50. The minimum atomic E-state index is -0.432. The topological polar surface area (TPSA) is 111 Å². The molecule has 0 aromatic carbocycles. The summed E-state index contributed by atoms with van der Waals surface area (Å²) in [6.45, 7) is 6.03. The highest BCUT2D eigenvalue weighted by Crippen LogP contribution is 2.42. The Hall–Kier alpha value is -2.35. The number of hydrogen-bond donors (Lipinski definition) is 2. The molecule has 0 spiro atoms. The fourth-order valence-electron chi connectivity index (χ4n) is 6.01. The van der Waals surface area contributed by atoms with Crippen molar-refractivity contribution < 1.29 is 9.59 Å². The van der Waals surface area contributed by atoms with Crippen LogP contribution in [0.15, 0.2) is 23.7 Å². The molecule has 3 aliphatic rings. The van der Waals surface area contributed by atoms with Crippen LogP contribution in [0.1, 0.15) is 42.5 Å². The van der Waals surface area contributed by atoms with Crippen LogP contribution >= 0.6 is 58.3 Å². The van der Waals surface area contributed by atoms with Gasteiger partial charge < -0.3 is 20.4 Å². The number of pyridine rings is 1. The van der Waals surface area contributed by atoms with Crippen molar-refractivity contribution >= 4 is 86.2 Å². The van der Waals surface area contributed by atoms with Crippen LogP contribution in [-0.4, -0.2) is 90.1 Å². The van der Waals surface area contributed by atoms with E-state index >= 15 is 0 Å². The Kier molecular flexibility index (Phi) is 10.6. The second-order valence-electron chi connectivity index (χ2n) is 10.9. The molecule has 6 rings (SSSR count). The molecule has 1 saturated carbocycles. The molecule has 232 valence electrons. The van der Waals surface area contributed by atoms with Gasteiger partial charge in [0.2, 0.25) is 0 Å². The standard InChI is InChI=1S/C28H34Cl2N8O2S2.ClH/c29-19-15-22(41-17-19)23-26(37-10-6-35(7-11-37)20-4-2-1-3-5-20)42-28(33-23)34-25(39)18-14-21(30)24(32-16-18)36-8-12-38(13-9-36)27(31)40;/h14-17,20H,1-13H2,(H2,31,40)(H,33,34,39);1H. The summed E-state index contributed by atoms with van der Waals surface area (Å²) in [4.78, 5) is 43.6. The van der Waals surface area contributed by atoms with Gasteiger partial charge in [-0.05, 0) is 25.0 Å². The number of primary amides is 1. The van der Waals surface area contributed by atoms with Crippen LogP contribution in [0.25, 0.3) is 10.6 Å². The van der Waals surface area contributed by atoms with E-state index in [-0.39, 0.29) is 18.3 Å². The van der Waals surface area contributed by atoms with Crippen molar-refractivity contribution in [3.05, 3.63) is 39.3 Å². The van der Waals surface area contributed by atoms with Crippen LogP contribution in [0.5, 0.6) is 0 Å². The van der Waals surface area contributed by atoms with E-state index in [1.165, 1.54) is 49.6 Å². The van der Waals surface area contributed by atoms with Gasteiger partial charge in [-0.2, -0.15) is 0 Å². The van der Waals surface area contributed by atoms with E-state index in [0.717, 1.165) is 41.8 Å². The third-order valence-corrected chi connectivity index (χ3v) is 10.9. The Morgan fingerprint density at radius 3 is 2.28 bits per heavy atom. The summed E-state index contributed by atoms with van der Waals surface area (Å²) < 4.78 is 0. The van der Waals surface area contributed by atoms with Gasteiger partial charge in [-0.1, -0.05) is 53.8 Å². The molecule has 3 fully saturated rings. The summed E-state index contributed by atoms with van der Waals surface area (Å²) in [6, 6.07) is 3.83. The van der Waals surface area contributed by atoms with E-state index in [1.807, 2.05) is 16.3 Å². The van der Waals surface area contributed by atoms with E-state index in [9.17, 15) is 9.59 Å². The highest BCUT2D eigenvalue weighted by Gasteiger charge is 2.29. The first kappa shape index (κ1) is 32.1. The summed E-state index contributed by atoms with van der Waals surface area (Å²) in [5.74, 6) is 0.255. The first-order chi connectivity index (χ1) is 20.4. The number of nitrogens with two attached hydrogens (primary N) is 1. The molecule has 2 aliphatic heterocycles. The Morgan fingerprint density at radius 2 is 1.65 bits per heavy atom. The molecule has 43 heavy (non-hydrogen) atoms. The number of aromatic nitrogens is 2. The molecule has 0 unspecified atom stereocenters. The highest BCUT2D eigenvalue weighted by atomic mass is 35.5. The fourth-order valence-corrected chi connectivity index (χ4v) is 8.45. The van der Waals surface area contributed by atoms with Crippen LogP contribution < -0.4 is 20.9 Å². The number of thiazole rings is 1. The van der Waals surface area contributed by atoms with Gasteiger partial charge in [0.25, 0.3) is 5.91 Å². The van der Waals surface area contributed by atoms with Crippen molar-refractivity contribution in [3.63, 3.8) is 0 Å². The number of urea groups is 1. The molecule has 3 amide bonds. The summed E-state index contributed by atoms with van der Waals surface area (Å²) in [6.07, 6.45) is 8.17. The molecule has 15 heteroatoms. The minimum absolute atomic E-state index is 0. The van der Waals surface area contributed by atoms with Gasteiger partial charge in [-0.25, -0.2) is 14.8 Å². The molecule has 0 bridgehead atoms. The summed E-state index contributed by atoms with van der Waals surface area (Å²) >= 11 is 15.9. The van der Waals surface area contributed by atoms with Crippen LogP contribution in [0, 0.1) is 0 Å². The molecule has 10 nitrogen and oxygen atoms in total. The molecule has 0 atom stereocenters. The van der Waals surface area contributed by atoms with Gasteiger partial charge in [-0.15, -0.1) is 23.7 Å². The number of anilines is 3. The first-order valence-corrected chi connectivity index (χ1v) is 16.8. The Morgan fingerprint density at radius 1 is 0.953 bits per heavy atom. The largest absolute Gasteiger partial charge is 0.359 e. The predicted molar refractivity (Wildman–Crippen MR) is 179 cm³/mol. The average molecular weight is 686 g/mol. The lowest BCUT2D eigenvalue weighted by atomic mass is 9.94. The summed E-state index contributed by atoms with van der Waals surface area (Å²) in [7, 11) is 0. The molecule has 3 aromatic rings. The van der Waals surface area contributed by atoms with Gasteiger partial charge in [-0.3, -0.25) is 15.0 Å². The second-order valence-corrected chi connectivity index (χ2v) is 13.6. The number of carbonyl (C=O) groups is 2. The van der Waals surface area contributed by atoms with Crippen molar-refractivity contribution in [2.24, 2.45) is 5.73 Å². The molecular formula is C28H35Cl3N8O2S2. The zero-order valence-electron chi connectivity index (χ0n) is 23.6. The molecule has 3 aromatic heterocycles. The maximum atomic E-state index is 13.3. The van der Waals surface area contributed by atoms with Crippen LogP contribution in [0.2, 0.25) is 10.0 Å². The van der Waals surface area contributed by atoms with Crippen LogP contribution in [0.3, 0.4) is 0 Å². The second kappa shape index (κ2) is 14.2. The van der Waals surface area contributed by atoms with Crippen LogP contribution in [0.4, 0.5) is 20.7 Å². The molecular weight excluding hydrogens is 651 g/mol. The Bertz CT molecular complexity index is 1430. The van der Waals surface area contributed by atoms with Crippen molar-refractivity contribution in [2.75, 3.05) is 67.5 Å². The number of piperazine rings is 2. The number of nitrogens with zero attached hydrogens (tertiary/aromatic N) is 6. The monoisotopic (exact) mass is 684 g/mol. The highest BCUT2D eigenvalue weighted by molar-refractivity contribution is 7.21. The minimum Gasteiger partial charge on any atom is -0.359 e. The normalized spacial score (nSPS) is 18.4. The maximum Gasteiger partial charge on any atom is 0.314 e. The molecule has 1 aliphatic carbocycles. The molecule has 3 N–H and O–H groups in total. The van der Waals surface area contributed by atoms with Crippen molar-refractivity contribution in [1.82, 2.24) is 19.8 Å². The zero-order valence-corrected chi connectivity index (χ0v) is 27.6. The fraction of sp³-hybridized carbons (Fsp3) is 0.500. The third-order valence-electron chi connectivity index (χ3n) is 8.30. The molecule has 2 saturated heterocycles. The summed E-state index contributed by atoms with van der Waals surface area (Å²) in [5.41, 5.74) is 6.58. The van der Waals surface area contributed by atoms with Crippen molar-refractivity contribution in [2.45, 2.75) is 38.1 Å². The zero-order chi connectivity index (χ0) is 29.2. The number of nitrogens with one attached hydrogen (secondary N) is 1. The lowest BCUT2D eigenvalue weighted by Crippen LogP contribution is -2.50. The van der Waals surface area contributed by atoms with Crippen molar-refractivity contribution in [1.29, 1.82) is 0 Å². The van der Waals surface area contributed by atoms with E-state index in [1.54, 1.807) is 22.3 Å². The average Bonchev–Trinajstić information content (AvgIpc) is 3.63. The van der Waals surface area contributed by atoms with Gasteiger partial charge in [0.05, 0.1) is 20.5 Å². The van der Waals surface area contributed by atoms with E-state index < -0.39 is 6.03 Å². The van der Waals surface area contributed by atoms with Crippen LogP contribution in [-0.2, 0) is 0 Å². The smallest absolute Gasteiger partial charge is 0.314 e. The molecule has 0 radical (unpaired) electrons. The van der Waals surface area contributed by atoms with Gasteiger partial charge in [0.1, 0.15) is 16.5 Å². The van der Waals surface area contributed by atoms with Gasteiger partial charge in [0, 0.05) is 70.0 Å². The maximum absolute atomic E-state index is 13.3. The Labute approximate surface area is 275 Å². The number of halogens is 3. The number of amides is 3. The predicted octanol–water partition coefficient (Wildman–Crippen LogP) is 5.90. The van der Waals surface area contributed by atoms with Gasteiger partial charge in [0.15, 0.2) is 5.13 Å². The Balaban J connectivity index is 0.00000368. The number of carbonyl (C=O) groups excluding carboxylic acids is 2. The molecule has 5 heterocycles. The van der Waals surface area contributed by atoms with E-state index in [2.05, 4.69) is 20.1 Å². The third kappa shape index (κ3) is 7.32. The number of thiophene rings is 1. The first-order valence-electron chi connectivity index (χ1n) is 14.4. The number of hydrogen-bond acceptors (Lipinski definition) is 9. The number of rotatable bonds is 6. The lowest BCUT2D eigenvalue weighted by molar-refractivity contribution is 0.102.